The molecule has 0 fully saturated rings. The lowest BCUT2D eigenvalue weighted by Gasteiger charge is -2.12. The van der Waals surface area contributed by atoms with Crippen LogP contribution in [0.15, 0.2) is 84.9 Å². The first-order chi connectivity index (χ1) is 17.2. The lowest BCUT2D eigenvalue weighted by Crippen LogP contribution is -2.27. The Balaban J connectivity index is 1.32. The summed E-state index contributed by atoms with van der Waals surface area (Å²) in [6.07, 6.45) is 2.40. The van der Waals surface area contributed by atoms with E-state index >= 15 is 0 Å². The Morgan fingerprint density at radius 2 is 1.46 bits per heavy atom. The second-order valence-corrected chi connectivity index (χ2v) is 8.29. The largest absolute Gasteiger partial charge is 0.497 e. The molecular formula is C29H31N3O3. The van der Waals surface area contributed by atoms with E-state index in [1.54, 1.807) is 31.4 Å². The van der Waals surface area contributed by atoms with Crippen molar-refractivity contribution in [3.8, 4) is 34.0 Å². The number of methoxy groups -OCH3 is 1. The summed E-state index contributed by atoms with van der Waals surface area (Å²) in [6, 6.07) is 27.7. The quantitative estimate of drug-likeness (QED) is 0.270. The number of aryl methyl sites for hydroxylation is 1. The number of nitrogens with one attached hydrogen (secondary N) is 1. The molecule has 6 heteroatoms. The molecule has 4 rings (SSSR count). The van der Waals surface area contributed by atoms with E-state index in [0.717, 1.165) is 59.9 Å². The van der Waals surface area contributed by atoms with E-state index in [-0.39, 0.29) is 0 Å². The molecule has 1 N–H and O–H groups in total. The fraction of sp³-hybridized carbons (Fsp3) is 0.241. The fourth-order valence-corrected chi connectivity index (χ4v) is 4.07. The predicted octanol–water partition coefficient (Wildman–Crippen LogP) is 6.49. The number of aromatic nitrogens is 2. The standard InChI is InChI=1S/C29H31N3O3/c1-22-31-27(23-12-6-3-7-13-23)28(24-14-8-4-9-15-24)32(22)21-11-5-10-20-30-29(33)35-26-18-16-25(34-2)17-19-26/h3-4,6-9,12-19H,5,10-11,20-21H2,1-2H3,(H,30,33). The van der Waals surface area contributed by atoms with E-state index in [1.165, 1.54) is 0 Å². The van der Waals surface area contributed by atoms with Crippen molar-refractivity contribution in [3.05, 3.63) is 90.8 Å². The molecule has 0 radical (unpaired) electrons. The van der Waals surface area contributed by atoms with E-state index in [0.29, 0.717) is 12.3 Å². The van der Waals surface area contributed by atoms with Gasteiger partial charge < -0.3 is 19.4 Å². The zero-order valence-electron chi connectivity index (χ0n) is 20.2. The number of carbonyl (C=O) groups is 1. The van der Waals surface area contributed by atoms with E-state index in [2.05, 4.69) is 53.2 Å². The highest BCUT2D eigenvalue weighted by atomic mass is 16.6. The number of imidazole rings is 1. The van der Waals surface area contributed by atoms with Gasteiger partial charge in [0.2, 0.25) is 0 Å². The number of ether oxygens (including phenoxy) is 2. The summed E-state index contributed by atoms with van der Waals surface area (Å²) in [4.78, 5) is 17.0. The van der Waals surface area contributed by atoms with E-state index in [4.69, 9.17) is 14.5 Å². The molecule has 0 aliphatic heterocycles. The second-order valence-electron chi connectivity index (χ2n) is 8.29. The molecule has 180 valence electrons. The van der Waals surface area contributed by atoms with Gasteiger partial charge in [0.15, 0.2) is 0 Å². The molecule has 1 amide bonds. The van der Waals surface area contributed by atoms with Crippen molar-refractivity contribution in [3.63, 3.8) is 0 Å². The van der Waals surface area contributed by atoms with Gasteiger partial charge in [0.1, 0.15) is 17.3 Å². The van der Waals surface area contributed by atoms with Crippen molar-refractivity contribution < 1.29 is 14.3 Å². The summed E-state index contributed by atoms with van der Waals surface area (Å²) in [5.74, 6) is 2.21. The summed E-state index contributed by atoms with van der Waals surface area (Å²) in [5, 5.41) is 2.82. The molecule has 0 bridgehead atoms. The summed E-state index contributed by atoms with van der Waals surface area (Å²) in [5.41, 5.74) is 4.44. The first-order valence-corrected chi connectivity index (χ1v) is 11.9. The first-order valence-electron chi connectivity index (χ1n) is 11.9. The topological polar surface area (TPSA) is 65.4 Å². The molecule has 0 saturated heterocycles. The second kappa shape index (κ2) is 11.9. The number of unbranched alkanes of at least 4 members (excludes halogenated alkanes) is 2. The molecule has 6 nitrogen and oxygen atoms in total. The number of benzene rings is 3. The van der Waals surface area contributed by atoms with Gasteiger partial charge in [-0.15, -0.1) is 0 Å². The van der Waals surface area contributed by atoms with Crippen molar-refractivity contribution >= 4 is 6.09 Å². The van der Waals surface area contributed by atoms with E-state index in [1.807, 2.05) is 24.3 Å². The Labute approximate surface area is 206 Å². The number of rotatable bonds is 10. The van der Waals surface area contributed by atoms with Crippen molar-refractivity contribution in [1.82, 2.24) is 14.9 Å². The van der Waals surface area contributed by atoms with Crippen LogP contribution in [0, 0.1) is 6.92 Å². The summed E-state index contributed by atoms with van der Waals surface area (Å²) >= 11 is 0. The van der Waals surface area contributed by atoms with Crippen LogP contribution >= 0.6 is 0 Å². The molecule has 1 aromatic heterocycles. The monoisotopic (exact) mass is 469 g/mol. The van der Waals surface area contributed by atoms with Crippen molar-refractivity contribution in [1.29, 1.82) is 0 Å². The van der Waals surface area contributed by atoms with Gasteiger partial charge in [-0.1, -0.05) is 60.7 Å². The number of hydrogen-bond donors (Lipinski definition) is 1. The Bertz CT molecular complexity index is 1220. The maximum Gasteiger partial charge on any atom is 0.412 e. The smallest absolute Gasteiger partial charge is 0.412 e. The lowest BCUT2D eigenvalue weighted by molar-refractivity contribution is 0.200. The average Bonchev–Trinajstić information content (AvgIpc) is 3.23. The van der Waals surface area contributed by atoms with Crippen LogP contribution < -0.4 is 14.8 Å². The maximum absolute atomic E-state index is 12.0. The van der Waals surface area contributed by atoms with Crippen molar-refractivity contribution in [2.75, 3.05) is 13.7 Å². The molecule has 0 atom stereocenters. The van der Waals surface area contributed by atoms with Crippen LogP contribution in [0.1, 0.15) is 25.1 Å². The highest BCUT2D eigenvalue weighted by molar-refractivity contribution is 5.79. The Morgan fingerprint density at radius 1 is 0.829 bits per heavy atom. The third-order valence-corrected chi connectivity index (χ3v) is 5.85. The number of nitrogens with zero attached hydrogens (tertiary/aromatic N) is 2. The summed E-state index contributed by atoms with van der Waals surface area (Å²) < 4.78 is 12.7. The molecule has 0 unspecified atom stereocenters. The molecule has 0 spiro atoms. The van der Waals surface area contributed by atoms with Crippen LogP contribution in [0.4, 0.5) is 4.79 Å². The van der Waals surface area contributed by atoms with Gasteiger partial charge in [0.25, 0.3) is 0 Å². The third-order valence-electron chi connectivity index (χ3n) is 5.85. The molecule has 3 aromatic carbocycles. The van der Waals surface area contributed by atoms with Crippen molar-refractivity contribution in [2.24, 2.45) is 0 Å². The minimum Gasteiger partial charge on any atom is -0.497 e. The van der Waals surface area contributed by atoms with Crippen LogP contribution in [-0.2, 0) is 6.54 Å². The van der Waals surface area contributed by atoms with Gasteiger partial charge in [0.05, 0.1) is 18.5 Å². The molecular weight excluding hydrogens is 438 g/mol. The van der Waals surface area contributed by atoms with Gasteiger partial charge in [-0.3, -0.25) is 0 Å². The fourth-order valence-electron chi connectivity index (χ4n) is 4.07. The molecule has 4 aromatic rings. The van der Waals surface area contributed by atoms with Gasteiger partial charge in [0, 0.05) is 24.2 Å². The molecule has 0 aliphatic rings. The number of hydrogen-bond acceptors (Lipinski definition) is 4. The van der Waals surface area contributed by atoms with Crippen molar-refractivity contribution in [2.45, 2.75) is 32.7 Å². The Morgan fingerprint density at radius 3 is 2.11 bits per heavy atom. The third kappa shape index (κ3) is 6.29. The molecule has 1 heterocycles. The normalized spacial score (nSPS) is 10.7. The zero-order chi connectivity index (χ0) is 24.5. The average molecular weight is 470 g/mol. The van der Waals surface area contributed by atoms with E-state index < -0.39 is 6.09 Å². The first kappa shape index (κ1) is 24.1. The molecule has 35 heavy (non-hydrogen) atoms. The van der Waals surface area contributed by atoms with Gasteiger partial charge >= 0.3 is 6.09 Å². The molecule has 0 aliphatic carbocycles. The predicted molar refractivity (Wildman–Crippen MR) is 139 cm³/mol. The SMILES string of the molecule is COc1ccc(OC(=O)NCCCCCn2c(C)nc(-c3ccccc3)c2-c2ccccc2)cc1. The van der Waals surface area contributed by atoms with Crippen LogP contribution in [0.2, 0.25) is 0 Å². The minimum absolute atomic E-state index is 0.445. The zero-order valence-corrected chi connectivity index (χ0v) is 20.2. The molecule has 0 saturated carbocycles. The van der Waals surface area contributed by atoms with E-state index in [9.17, 15) is 4.79 Å². The Hall–Kier alpha value is -4.06. The van der Waals surface area contributed by atoms with Gasteiger partial charge in [-0.2, -0.15) is 0 Å². The summed E-state index contributed by atoms with van der Waals surface area (Å²) in [7, 11) is 1.60. The van der Waals surface area contributed by atoms with Crippen LogP contribution in [0.25, 0.3) is 22.5 Å². The van der Waals surface area contributed by atoms with Gasteiger partial charge in [-0.05, 0) is 50.5 Å². The van der Waals surface area contributed by atoms with Crippen LogP contribution in [0.5, 0.6) is 11.5 Å². The number of carbonyl (C=O) groups excluding carboxylic acids is 1. The summed E-state index contributed by atoms with van der Waals surface area (Å²) in [6.45, 7) is 3.50. The van der Waals surface area contributed by atoms with Gasteiger partial charge in [-0.25, -0.2) is 9.78 Å². The highest BCUT2D eigenvalue weighted by Crippen LogP contribution is 2.33. The maximum atomic E-state index is 12.0. The highest BCUT2D eigenvalue weighted by Gasteiger charge is 2.17. The number of amides is 1. The Kier molecular flexibility index (Phi) is 8.17. The van der Waals surface area contributed by atoms with Crippen LogP contribution in [-0.4, -0.2) is 29.3 Å². The lowest BCUT2D eigenvalue weighted by atomic mass is 10.0. The minimum atomic E-state index is -0.445. The van der Waals surface area contributed by atoms with Crippen LogP contribution in [0.3, 0.4) is 0 Å².